The normalized spacial score (nSPS) is 15.8. The lowest BCUT2D eigenvalue weighted by Crippen LogP contribution is -2.42. The smallest absolute Gasteiger partial charge is 0.312 e. The lowest BCUT2D eigenvalue weighted by Gasteiger charge is -2.37. The number of unbranched alkanes of at least 4 members (excludes halogenated alkanes) is 1. The van der Waals surface area contributed by atoms with E-state index in [2.05, 4.69) is 27.7 Å². The quantitative estimate of drug-likeness (QED) is 0.515. The number of hydrogen-bond acceptors (Lipinski definition) is 2. The first-order chi connectivity index (χ1) is 9.09. The summed E-state index contributed by atoms with van der Waals surface area (Å²) in [6.07, 6.45) is 5.66. The highest BCUT2D eigenvalue weighted by molar-refractivity contribution is 5.76. The molecule has 120 valence electrons. The maximum Gasteiger partial charge on any atom is 0.312 e. The van der Waals surface area contributed by atoms with E-state index in [1.807, 2.05) is 27.7 Å². The first-order valence-corrected chi connectivity index (χ1v) is 8.33. The average molecular weight is 284 g/mol. The van der Waals surface area contributed by atoms with Crippen molar-refractivity contribution >= 4 is 5.97 Å². The molecule has 0 amide bonds. The molecule has 0 radical (unpaired) electrons. The van der Waals surface area contributed by atoms with Crippen LogP contribution in [-0.4, -0.2) is 11.6 Å². The van der Waals surface area contributed by atoms with Crippen molar-refractivity contribution in [3.05, 3.63) is 0 Å². The molecule has 0 spiro atoms. The zero-order valence-corrected chi connectivity index (χ0v) is 15.0. The largest absolute Gasteiger partial charge is 0.459 e. The van der Waals surface area contributed by atoms with E-state index in [1.165, 1.54) is 12.8 Å². The van der Waals surface area contributed by atoms with E-state index in [0.29, 0.717) is 11.8 Å². The van der Waals surface area contributed by atoms with Crippen LogP contribution in [0.15, 0.2) is 0 Å². The van der Waals surface area contributed by atoms with Crippen molar-refractivity contribution in [2.45, 2.75) is 93.1 Å². The molecule has 0 aliphatic carbocycles. The van der Waals surface area contributed by atoms with Crippen LogP contribution >= 0.6 is 0 Å². The van der Waals surface area contributed by atoms with Gasteiger partial charge in [-0.3, -0.25) is 4.79 Å². The Morgan fingerprint density at radius 3 is 1.95 bits per heavy atom. The Morgan fingerprint density at radius 2 is 1.50 bits per heavy atom. The lowest BCUT2D eigenvalue weighted by atomic mass is 9.77. The van der Waals surface area contributed by atoms with Gasteiger partial charge in [-0.15, -0.1) is 0 Å². The molecule has 2 unspecified atom stereocenters. The Labute approximate surface area is 126 Å². The second kappa shape index (κ2) is 8.05. The molecule has 2 heteroatoms. The van der Waals surface area contributed by atoms with E-state index >= 15 is 0 Å². The molecule has 2 atom stereocenters. The molecular weight excluding hydrogens is 248 g/mol. The van der Waals surface area contributed by atoms with Crippen LogP contribution in [0.2, 0.25) is 0 Å². The van der Waals surface area contributed by atoms with E-state index in [1.54, 1.807) is 0 Å². The molecule has 0 rings (SSSR count). The number of hydrogen-bond donors (Lipinski definition) is 0. The van der Waals surface area contributed by atoms with E-state index in [0.717, 1.165) is 19.3 Å². The van der Waals surface area contributed by atoms with Crippen molar-refractivity contribution < 1.29 is 9.53 Å². The van der Waals surface area contributed by atoms with Gasteiger partial charge in [-0.1, -0.05) is 47.0 Å². The fraction of sp³-hybridized carbons (Fsp3) is 0.944. The molecule has 0 saturated carbocycles. The topological polar surface area (TPSA) is 26.3 Å². The van der Waals surface area contributed by atoms with Gasteiger partial charge in [0.2, 0.25) is 0 Å². The Morgan fingerprint density at radius 1 is 0.950 bits per heavy atom. The van der Waals surface area contributed by atoms with Gasteiger partial charge in [0.25, 0.3) is 0 Å². The van der Waals surface area contributed by atoms with Gasteiger partial charge in [0.05, 0.1) is 5.41 Å². The van der Waals surface area contributed by atoms with E-state index in [-0.39, 0.29) is 11.6 Å². The van der Waals surface area contributed by atoms with Gasteiger partial charge in [-0.25, -0.2) is 0 Å². The number of carbonyl (C=O) groups is 1. The summed E-state index contributed by atoms with van der Waals surface area (Å²) in [6.45, 7) is 16.8. The second-order valence-corrected chi connectivity index (χ2v) is 7.45. The molecule has 2 nitrogen and oxygen atoms in total. The fourth-order valence-corrected chi connectivity index (χ4v) is 2.32. The minimum absolute atomic E-state index is 0.0493. The summed E-state index contributed by atoms with van der Waals surface area (Å²) in [5.41, 5.74) is -0.785. The summed E-state index contributed by atoms with van der Waals surface area (Å²) in [5.74, 6) is 0.692. The summed E-state index contributed by atoms with van der Waals surface area (Å²) < 4.78 is 5.89. The molecule has 20 heavy (non-hydrogen) atoms. The van der Waals surface area contributed by atoms with Gasteiger partial charge in [0.15, 0.2) is 0 Å². The van der Waals surface area contributed by atoms with Crippen molar-refractivity contribution in [2.75, 3.05) is 0 Å². The molecule has 0 aliphatic heterocycles. The Bertz CT molecular complexity index is 292. The van der Waals surface area contributed by atoms with Gasteiger partial charge < -0.3 is 4.74 Å². The maximum atomic E-state index is 12.6. The predicted octanol–water partition coefficient (Wildman–Crippen LogP) is 5.60. The zero-order chi connectivity index (χ0) is 16.0. The summed E-state index contributed by atoms with van der Waals surface area (Å²) in [4.78, 5) is 12.6. The van der Waals surface area contributed by atoms with Gasteiger partial charge in [0.1, 0.15) is 5.60 Å². The predicted molar refractivity (Wildman–Crippen MR) is 86.7 cm³/mol. The van der Waals surface area contributed by atoms with Crippen LogP contribution in [0.25, 0.3) is 0 Å². The molecule has 0 aromatic carbocycles. The summed E-state index contributed by atoms with van der Waals surface area (Å²) in [6, 6.07) is 0. The monoisotopic (exact) mass is 284 g/mol. The molecule has 0 heterocycles. The summed E-state index contributed by atoms with van der Waals surface area (Å²) >= 11 is 0. The van der Waals surface area contributed by atoms with Crippen LogP contribution in [0.3, 0.4) is 0 Å². The molecule has 0 aromatic heterocycles. The third kappa shape index (κ3) is 5.46. The second-order valence-electron chi connectivity index (χ2n) is 7.45. The SMILES string of the molecule is CCCCC(C)C(C)(C)OC(=O)C(C)(C)C(C)CCC. The number of rotatable bonds is 9. The van der Waals surface area contributed by atoms with Crippen LogP contribution in [0, 0.1) is 17.3 Å². The first kappa shape index (κ1) is 19.5. The van der Waals surface area contributed by atoms with Crippen molar-refractivity contribution in [3.8, 4) is 0 Å². The Hall–Kier alpha value is -0.530. The third-order valence-corrected chi connectivity index (χ3v) is 5.01. The van der Waals surface area contributed by atoms with E-state index in [4.69, 9.17) is 4.74 Å². The number of ether oxygens (including phenoxy) is 1. The molecule has 0 aromatic rings. The van der Waals surface area contributed by atoms with Crippen LogP contribution < -0.4 is 0 Å². The molecule has 0 saturated heterocycles. The van der Waals surface area contributed by atoms with Gasteiger partial charge in [0, 0.05) is 0 Å². The molecule has 0 bridgehead atoms. The van der Waals surface area contributed by atoms with Crippen molar-refractivity contribution in [1.82, 2.24) is 0 Å². The van der Waals surface area contributed by atoms with Crippen molar-refractivity contribution in [1.29, 1.82) is 0 Å². The standard InChI is InChI=1S/C18H36O2/c1-9-11-13-15(4)18(7,8)20-16(19)17(5,6)14(3)12-10-2/h14-15H,9-13H2,1-8H3. The average Bonchev–Trinajstić information content (AvgIpc) is 2.35. The minimum Gasteiger partial charge on any atom is -0.459 e. The fourth-order valence-electron chi connectivity index (χ4n) is 2.32. The highest BCUT2D eigenvalue weighted by Crippen LogP contribution is 2.35. The Kier molecular flexibility index (Phi) is 7.83. The van der Waals surface area contributed by atoms with Crippen LogP contribution in [-0.2, 0) is 9.53 Å². The third-order valence-electron chi connectivity index (χ3n) is 5.01. The number of carbonyl (C=O) groups excluding carboxylic acids is 1. The lowest BCUT2D eigenvalue weighted by molar-refractivity contribution is -0.175. The maximum absolute atomic E-state index is 12.6. The highest BCUT2D eigenvalue weighted by Gasteiger charge is 2.39. The van der Waals surface area contributed by atoms with Crippen LogP contribution in [0.5, 0.6) is 0 Å². The van der Waals surface area contributed by atoms with E-state index in [9.17, 15) is 4.79 Å². The summed E-state index contributed by atoms with van der Waals surface area (Å²) in [5, 5.41) is 0. The molecule has 0 N–H and O–H groups in total. The number of esters is 1. The van der Waals surface area contributed by atoms with Crippen LogP contribution in [0.4, 0.5) is 0 Å². The molecular formula is C18H36O2. The molecule has 0 aliphatic rings. The minimum atomic E-state index is -0.405. The van der Waals surface area contributed by atoms with Gasteiger partial charge >= 0.3 is 5.97 Å². The zero-order valence-electron chi connectivity index (χ0n) is 15.0. The van der Waals surface area contributed by atoms with Crippen molar-refractivity contribution in [3.63, 3.8) is 0 Å². The van der Waals surface area contributed by atoms with Gasteiger partial charge in [-0.05, 0) is 52.4 Å². The van der Waals surface area contributed by atoms with Crippen LogP contribution in [0.1, 0.15) is 87.5 Å². The molecule has 0 fully saturated rings. The van der Waals surface area contributed by atoms with E-state index < -0.39 is 5.41 Å². The van der Waals surface area contributed by atoms with Crippen molar-refractivity contribution in [2.24, 2.45) is 17.3 Å². The highest BCUT2D eigenvalue weighted by atomic mass is 16.6. The summed E-state index contributed by atoms with van der Waals surface area (Å²) in [7, 11) is 0. The van der Waals surface area contributed by atoms with Gasteiger partial charge in [-0.2, -0.15) is 0 Å². The Balaban J connectivity index is 4.71. The first-order valence-electron chi connectivity index (χ1n) is 8.33.